The van der Waals surface area contributed by atoms with Crippen LogP contribution in [-0.4, -0.2) is 22.8 Å². The Morgan fingerprint density at radius 1 is 1.45 bits per heavy atom. The van der Waals surface area contributed by atoms with E-state index in [-0.39, 0.29) is 18.1 Å². The third-order valence-corrected chi connectivity index (χ3v) is 4.55. The number of para-hydroxylation sites is 1. The van der Waals surface area contributed by atoms with E-state index < -0.39 is 4.92 Å². The molecule has 2 rings (SSSR count). The van der Waals surface area contributed by atoms with Gasteiger partial charge in [-0.2, -0.15) is 0 Å². The Kier molecular flexibility index (Phi) is 4.71. The summed E-state index contributed by atoms with van der Waals surface area (Å²) in [5, 5.41) is 12.7. The Bertz CT molecular complexity index is 657. The van der Waals surface area contributed by atoms with Crippen LogP contribution in [0.3, 0.4) is 0 Å². The lowest BCUT2D eigenvalue weighted by molar-refractivity contribution is -0.385. The number of benzene rings is 1. The molecule has 1 heterocycles. The molecule has 1 amide bonds. The molecule has 0 N–H and O–H groups in total. The van der Waals surface area contributed by atoms with Crippen molar-refractivity contribution in [2.45, 2.75) is 6.54 Å². The Morgan fingerprint density at radius 3 is 2.75 bits per heavy atom. The number of nitro groups is 1. The Labute approximate surface area is 133 Å². The molecular weight excluding hydrogens is 391 g/mol. The van der Waals surface area contributed by atoms with E-state index in [0.29, 0.717) is 11.1 Å². The monoisotopic (exact) mass is 402 g/mol. The molecule has 0 unspecified atom stereocenters. The first-order chi connectivity index (χ1) is 9.49. The van der Waals surface area contributed by atoms with Gasteiger partial charge in [0.2, 0.25) is 0 Å². The maximum Gasteiger partial charge on any atom is 0.274 e. The summed E-state index contributed by atoms with van der Waals surface area (Å²) < 4.78 is 1.03. The van der Waals surface area contributed by atoms with Crippen molar-refractivity contribution in [2.75, 3.05) is 7.05 Å². The van der Waals surface area contributed by atoms with Crippen LogP contribution in [-0.2, 0) is 6.54 Å². The second-order valence-corrected chi connectivity index (χ2v) is 6.99. The summed E-state index contributed by atoms with van der Waals surface area (Å²) in [7, 11) is 1.64. The van der Waals surface area contributed by atoms with E-state index in [4.69, 9.17) is 0 Å². The summed E-state index contributed by atoms with van der Waals surface area (Å²) >= 11 is 3.65. The number of amides is 1. The van der Waals surface area contributed by atoms with Crippen LogP contribution >= 0.6 is 33.9 Å². The third-order valence-electron chi connectivity index (χ3n) is 2.76. The SMILES string of the molecule is CN(Cc1ccccc1[N+](=O)[O-])C(=O)c1csc(I)c1. The minimum absolute atomic E-state index is 0.0343. The first-order valence-corrected chi connectivity index (χ1v) is 7.66. The first-order valence-electron chi connectivity index (χ1n) is 5.71. The van der Waals surface area contributed by atoms with Crippen molar-refractivity contribution in [2.24, 2.45) is 0 Å². The van der Waals surface area contributed by atoms with E-state index in [1.165, 1.54) is 22.3 Å². The lowest BCUT2D eigenvalue weighted by Crippen LogP contribution is -2.26. The molecule has 0 fully saturated rings. The van der Waals surface area contributed by atoms with Crippen LogP contribution in [0.15, 0.2) is 35.7 Å². The van der Waals surface area contributed by atoms with Gasteiger partial charge in [0.15, 0.2) is 0 Å². The van der Waals surface area contributed by atoms with Crippen LogP contribution < -0.4 is 0 Å². The minimum Gasteiger partial charge on any atom is -0.337 e. The van der Waals surface area contributed by atoms with Gasteiger partial charge in [0.05, 0.1) is 19.9 Å². The number of hydrogen-bond acceptors (Lipinski definition) is 4. The van der Waals surface area contributed by atoms with Crippen molar-refractivity contribution < 1.29 is 9.72 Å². The highest BCUT2D eigenvalue weighted by Crippen LogP contribution is 2.21. The number of nitro benzene ring substituents is 1. The van der Waals surface area contributed by atoms with E-state index in [2.05, 4.69) is 22.6 Å². The van der Waals surface area contributed by atoms with Crippen molar-refractivity contribution in [1.82, 2.24) is 4.90 Å². The number of halogens is 1. The van der Waals surface area contributed by atoms with Crippen molar-refractivity contribution in [3.8, 4) is 0 Å². The molecule has 0 bridgehead atoms. The van der Waals surface area contributed by atoms with Gasteiger partial charge < -0.3 is 4.90 Å². The van der Waals surface area contributed by atoms with Gasteiger partial charge in [-0.25, -0.2) is 0 Å². The van der Waals surface area contributed by atoms with Crippen molar-refractivity contribution in [1.29, 1.82) is 0 Å². The summed E-state index contributed by atoms with van der Waals surface area (Å²) in [4.78, 5) is 24.2. The molecule has 1 aromatic carbocycles. The largest absolute Gasteiger partial charge is 0.337 e. The standard InChI is InChI=1S/C13H11IN2O3S/c1-15(13(17)10-6-12(14)20-8-10)7-9-4-2-3-5-11(9)16(18)19/h2-6,8H,7H2,1H3. The number of hydrogen-bond donors (Lipinski definition) is 0. The van der Waals surface area contributed by atoms with Crippen LogP contribution in [0.4, 0.5) is 5.69 Å². The van der Waals surface area contributed by atoms with Crippen molar-refractivity contribution >= 4 is 45.5 Å². The van der Waals surface area contributed by atoms with Crippen LogP contribution in [0, 0.1) is 13.0 Å². The maximum atomic E-state index is 12.2. The fourth-order valence-corrected chi connectivity index (χ4v) is 3.11. The molecular formula is C13H11IN2O3S. The second-order valence-electron chi connectivity index (χ2n) is 4.19. The smallest absolute Gasteiger partial charge is 0.274 e. The molecule has 0 saturated carbocycles. The number of nitrogens with zero attached hydrogens (tertiary/aromatic N) is 2. The highest BCUT2D eigenvalue weighted by molar-refractivity contribution is 14.1. The van der Waals surface area contributed by atoms with Gasteiger partial charge >= 0.3 is 0 Å². The molecule has 0 aliphatic rings. The van der Waals surface area contributed by atoms with Gasteiger partial charge in [0, 0.05) is 24.1 Å². The topological polar surface area (TPSA) is 63.4 Å². The molecule has 20 heavy (non-hydrogen) atoms. The summed E-state index contributed by atoms with van der Waals surface area (Å²) in [5.74, 6) is -0.137. The van der Waals surface area contributed by atoms with Gasteiger partial charge in [-0.15, -0.1) is 11.3 Å². The Morgan fingerprint density at radius 2 is 2.15 bits per heavy atom. The van der Waals surface area contributed by atoms with E-state index in [1.807, 2.05) is 6.07 Å². The lowest BCUT2D eigenvalue weighted by atomic mass is 10.1. The molecule has 0 aliphatic carbocycles. The molecule has 5 nitrogen and oxygen atoms in total. The molecule has 0 aliphatic heterocycles. The van der Waals surface area contributed by atoms with Crippen LogP contribution in [0.5, 0.6) is 0 Å². The normalized spacial score (nSPS) is 10.3. The highest BCUT2D eigenvalue weighted by Gasteiger charge is 2.18. The Balaban J connectivity index is 2.18. The average molecular weight is 402 g/mol. The quantitative estimate of drug-likeness (QED) is 0.447. The number of carbonyl (C=O) groups excluding carboxylic acids is 1. The zero-order chi connectivity index (χ0) is 14.7. The zero-order valence-electron chi connectivity index (χ0n) is 10.6. The number of thiophene rings is 1. The maximum absolute atomic E-state index is 12.2. The summed E-state index contributed by atoms with van der Waals surface area (Å²) in [5.41, 5.74) is 1.17. The van der Waals surface area contributed by atoms with Gasteiger partial charge in [0.25, 0.3) is 11.6 Å². The first kappa shape index (κ1) is 14.9. The van der Waals surface area contributed by atoms with Crippen LogP contribution in [0.1, 0.15) is 15.9 Å². The van der Waals surface area contributed by atoms with E-state index >= 15 is 0 Å². The fraction of sp³-hybridized carbons (Fsp3) is 0.154. The van der Waals surface area contributed by atoms with Crippen LogP contribution in [0.2, 0.25) is 0 Å². The molecule has 0 spiro atoms. The van der Waals surface area contributed by atoms with Gasteiger partial charge in [-0.3, -0.25) is 14.9 Å². The molecule has 7 heteroatoms. The summed E-state index contributed by atoms with van der Waals surface area (Å²) in [6.07, 6.45) is 0. The van der Waals surface area contributed by atoms with Gasteiger partial charge in [-0.1, -0.05) is 18.2 Å². The third kappa shape index (κ3) is 3.34. The molecule has 0 atom stereocenters. The van der Waals surface area contributed by atoms with Crippen molar-refractivity contribution in [3.05, 3.63) is 59.8 Å². The van der Waals surface area contributed by atoms with Crippen LogP contribution in [0.25, 0.3) is 0 Å². The highest BCUT2D eigenvalue weighted by atomic mass is 127. The molecule has 0 saturated heterocycles. The minimum atomic E-state index is -0.429. The molecule has 1 aromatic heterocycles. The predicted octanol–water partition coefficient (Wildman–Crippen LogP) is 3.53. The van der Waals surface area contributed by atoms with Gasteiger partial charge in [0.1, 0.15) is 0 Å². The molecule has 0 radical (unpaired) electrons. The molecule has 2 aromatic rings. The van der Waals surface area contributed by atoms with E-state index in [1.54, 1.807) is 30.6 Å². The average Bonchev–Trinajstić information content (AvgIpc) is 2.84. The predicted molar refractivity (Wildman–Crippen MR) is 85.9 cm³/mol. The lowest BCUT2D eigenvalue weighted by Gasteiger charge is -2.16. The van der Waals surface area contributed by atoms with Gasteiger partial charge in [-0.05, 0) is 28.7 Å². The van der Waals surface area contributed by atoms with E-state index in [0.717, 1.165) is 2.88 Å². The summed E-state index contributed by atoms with van der Waals surface area (Å²) in [6, 6.07) is 8.27. The van der Waals surface area contributed by atoms with Crippen molar-refractivity contribution in [3.63, 3.8) is 0 Å². The van der Waals surface area contributed by atoms with E-state index in [9.17, 15) is 14.9 Å². The Hall–Kier alpha value is -1.48. The number of carbonyl (C=O) groups is 1. The fourth-order valence-electron chi connectivity index (χ4n) is 1.79. The number of rotatable bonds is 4. The molecule has 104 valence electrons. The summed E-state index contributed by atoms with van der Waals surface area (Å²) in [6.45, 7) is 0.211. The zero-order valence-corrected chi connectivity index (χ0v) is 13.6. The second kappa shape index (κ2) is 6.31.